The number of benzene rings is 3. The van der Waals surface area contributed by atoms with Crippen LogP contribution in [-0.4, -0.2) is 75.4 Å². The number of rotatable bonds is 9. The Labute approximate surface area is 342 Å². The monoisotopic (exact) mass is 824 g/mol. The van der Waals surface area contributed by atoms with E-state index in [1.807, 2.05) is 13.8 Å². The van der Waals surface area contributed by atoms with Gasteiger partial charge in [-0.1, -0.05) is 32.0 Å². The quantitative estimate of drug-likeness (QED) is 0.139. The summed E-state index contributed by atoms with van der Waals surface area (Å²) in [5.41, 5.74) is 0.937. The number of pyridine rings is 2. The smallest absolute Gasteiger partial charge is 0.335 e. The Morgan fingerprint density at radius 2 is 1.83 bits per heavy atom. The van der Waals surface area contributed by atoms with Crippen LogP contribution in [0.1, 0.15) is 47.8 Å². The van der Waals surface area contributed by atoms with Crippen LogP contribution in [0.3, 0.4) is 0 Å². The van der Waals surface area contributed by atoms with Crippen LogP contribution in [0.15, 0.2) is 88.8 Å². The minimum Gasteiger partial charge on any atom is -0.493 e. The van der Waals surface area contributed by atoms with Gasteiger partial charge in [0.05, 0.1) is 53.7 Å². The molecule has 0 saturated carbocycles. The van der Waals surface area contributed by atoms with Gasteiger partial charge in [-0.2, -0.15) is 0 Å². The molecule has 1 N–H and O–H groups in total. The lowest BCUT2D eigenvalue weighted by molar-refractivity contribution is -0.136. The van der Waals surface area contributed by atoms with Crippen LogP contribution in [0, 0.1) is 12.7 Å². The third kappa shape index (κ3) is 7.94. The molecule has 2 atom stereocenters. The number of nitrogens with one attached hydrogen (secondary N) is 1. The van der Waals surface area contributed by atoms with Crippen LogP contribution in [-0.2, 0) is 29.4 Å². The summed E-state index contributed by atoms with van der Waals surface area (Å²) in [6, 6.07) is 12.7. The highest BCUT2D eigenvalue weighted by molar-refractivity contribution is 5.99. The number of esters is 1. The van der Waals surface area contributed by atoms with Crippen molar-refractivity contribution in [3.8, 4) is 17.2 Å². The minimum absolute atomic E-state index is 0.0866. The van der Waals surface area contributed by atoms with Crippen LogP contribution in [0.2, 0.25) is 0 Å². The molecule has 0 spiro atoms. The zero-order valence-corrected chi connectivity index (χ0v) is 33.6. The Bertz CT molecular complexity index is 2730. The first kappa shape index (κ1) is 41.6. The van der Waals surface area contributed by atoms with Crippen molar-refractivity contribution in [2.75, 3.05) is 31.3 Å². The number of morpholine rings is 1. The number of aromatic nitrogens is 4. The van der Waals surface area contributed by atoms with E-state index in [-0.39, 0.29) is 65.3 Å². The summed E-state index contributed by atoms with van der Waals surface area (Å²) in [7, 11) is 1.53. The minimum atomic E-state index is -3.16. The Morgan fingerprint density at radius 1 is 1.03 bits per heavy atom. The average molecular weight is 825 g/mol. The number of amides is 1. The molecule has 0 aliphatic carbocycles. The molecule has 8 rings (SSSR count). The third-order valence-corrected chi connectivity index (χ3v) is 10.6. The van der Waals surface area contributed by atoms with Crippen molar-refractivity contribution in [1.82, 2.24) is 24.4 Å². The number of ether oxygens (including phenoxy) is 3. The molecule has 0 radical (unpaired) electrons. The van der Waals surface area contributed by atoms with E-state index < -0.39 is 46.9 Å². The number of hydrogen-bond donors (Lipinski definition) is 1. The van der Waals surface area contributed by atoms with Gasteiger partial charge in [0, 0.05) is 62.9 Å². The van der Waals surface area contributed by atoms with E-state index in [1.165, 1.54) is 60.2 Å². The lowest BCUT2D eigenvalue weighted by atomic mass is 9.98. The second kappa shape index (κ2) is 17.0. The molecule has 1 unspecified atom stereocenters. The predicted molar refractivity (Wildman–Crippen MR) is 219 cm³/mol. The summed E-state index contributed by atoms with van der Waals surface area (Å²) in [5.74, 6) is -5.23. The van der Waals surface area contributed by atoms with Gasteiger partial charge in [-0.3, -0.25) is 24.1 Å². The number of halogens is 3. The lowest BCUT2D eigenvalue weighted by Gasteiger charge is -2.40. The molecule has 1 saturated heterocycles. The number of anilines is 1. The van der Waals surface area contributed by atoms with Gasteiger partial charge in [0.1, 0.15) is 29.4 Å². The van der Waals surface area contributed by atoms with Crippen molar-refractivity contribution >= 4 is 39.4 Å². The molecular formula is C44H43F3N6O7. The van der Waals surface area contributed by atoms with E-state index in [0.717, 1.165) is 23.1 Å². The van der Waals surface area contributed by atoms with E-state index in [1.54, 1.807) is 36.4 Å². The maximum atomic E-state index is 16.0. The summed E-state index contributed by atoms with van der Waals surface area (Å²) in [5, 5.41) is 3.37. The highest BCUT2D eigenvalue weighted by atomic mass is 19.3. The predicted octanol–water partition coefficient (Wildman–Crippen LogP) is 5.85. The summed E-state index contributed by atoms with van der Waals surface area (Å²) in [6.45, 7) is 6.72. The van der Waals surface area contributed by atoms with Crippen LogP contribution < -0.4 is 30.9 Å². The van der Waals surface area contributed by atoms with Gasteiger partial charge in [0.25, 0.3) is 17.4 Å². The molecule has 2 aliphatic heterocycles. The maximum Gasteiger partial charge on any atom is 0.335 e. The van der Waals surface area contributed by atoms with Gasteiger partial charge in [0.2, 0.25) is 0 Å². The Morgan fingerprint density at radius 3 is 2.60 bits per heavy atom. The Hall–Kier alpha value is -6.55. The van der Waals surface area contributed by atoms with Crippen molar-refractivity contribution in [2.45, 2.75) is 58.5 Å². The van der Waals surface area contributed by atoms with Gasteiger partial charge < -0.3 is 24.4 Å². The first-order valence-electron chi connectivity index (χ1n) is 19.5. The molecule has 1 amide bonds. The molecule has 312 valence electrons. The van der Waals surface area contributed by atoms with Gasteiger partial charge in [0.15, 0.2) is 0 Å². The summed E-state index contributed by atoms with van der Waals surface area (Å²) in [6.07, 6.45) is 4.89. The molecule has 0 bridgehead atoms. The summed E-state index contributed by atoms with van der Waals surface area (Å²) < 4.78 is 64.1. The number of aryl methyl sites for hydroxylation is 2. The van der Waals surface area contributed by atoms with Crippen molar-refractivity contribution in [3.63, 3.8) is 0 Å². The fourth-order valence-corrected chi connectivity index (χ4v) is 7.64. The van der Waals surface area contributed by atoms with Crippen molar-refractivity contribution in [1.29, 1.82) is 0 Å². The molecule has 5 heterocycles. The van der Waals surface area contributed by atoms with Crippen LogP contribution >= 0.6 is 0 Å². The molecule has 1 fully saturated rings. The number of hydrogen-bond acceptors (Lipinski definition) is 10. The molecule has 13 nitrogen and oxygen atoms in total. The summed E-state index contributed by atoms with van der Waals surface area (Å²) >= 11 is 0. The molecule has 2 aliphatic rings. The van der Waals surface area contributed by atoms with Crippen molar-refractivity contribution < 1.29 is 37.0 Å². The number of alkyl halides is 2. The van der Waals surface area contributed by atoms with E-state index in [4.69, 9.17) is 14.2 Å². The second-order valence-electron chi connectivity index (χ2n) is 14.4. The fourth-order valence-electron chi connectivity index (χ4n) is 7.64. The SMILES string of the molecule is CC.Cc1cc(N2CCOC[C@@H]2C(C)(F)F)cc(F)c1C(=O)NC(Cc1ccc(-n2c(=O)c3ccncc3n(C)c2=O)c2ncccc12)C(=O)Oc1ccc2c(c1)OCC2. The van der Waals surface area contributed by atoms with Crippen molar-refractivity contribution in [3.05, 3.63) is 128 Å². The normalized spacial score (nSPS) is 15.5. The van der Waals surface area contributed by atoms with Gasteiger partial charge in [-0.15, -0.1) is 0 Å². The van der Waals surface area contributed by atoms with Crippen LogP contribution in [0.25, 0.3) is 27.5 Å². The van der Waals surface area contributed by atoms with Gasteiger partial charge >= 0.3 is 11.7 Å². The van der Waals surface area contributed by atoms with Gasteiger partial charge in [-0.05, 0) is 60.0 Å². The molecule has 60 heavy (non-hydrogen) atoms. The maximum absolute atomic E-state index is 16.0. The number of fused-ring (bicyclic) bond motifs is 3. The molecule has 16 heteroatoms. The Kier molecular flexibility index (Phi) is 11.8. The highest BCUT2D eigenvalue weighted by Crippen LogP contribution is 2.33. The first-order chi connectivity index (χ1) is 28.8. The topological polar surface area (TPSA) is 147 Å². The third-order valence-electron chi connectivity index (χ3n) is 10.6. The van der Waals surface area contributed by atoms with Crippen LogP contribution in [0.5, 0.6) is 11.5 Å². The molecule has 3 aromatic heterocycles. The summed E-state index contributed by atoms with van der Waals surface area (Å²) in [4.78, 5) is 65.3. The largest absolute Gasteiger partial charge is 0.493 e. The number of carbonyl (C=O) groups excluding carboxylic acids is 2. The van der Waals surface area contributed by atoms with E-state index in [2.05, 4.69) is 15.3 Å². The van der Waals surface area contributed by atoms with Gasteiger partial charge in [-0.25, -0.2) is 27.3 Å². The highest BCUT2D eigenvalue weighted by Gasteiger charge is 2.41. The molecule has 6 aromatic rings. The fraction of sp³-hybridized carbons (Fsp3) is 0.318. The second-order valence-corrected chi connectivity index (χ2v) is 14.4. The van der Waals surface area contributed by atoms with Crippen molar-refractivity contribution in [2.24, 2.45) is 7.05 Å². The Balaban J connectivity index is 0.00000268. The number of nitrogens with zero attached hydrogens (tertiary/aromatic N) is 5. The molecule has 3 aromatic carbocycles. The zero-order valence-electron chi connectivity index (χ0n) is 33.6. The van der Waals surface area contributed by atoms with E-state index >= 15 is 4.39 Å². The zero-order chi connectivity index (χ0) is 42.9. The van der Waals surface area contributed by atoms with E-state index in [0.29, 0.717) is 35.2 Å². The standard InChI is InChI=1S/C42H37F3N6O7.C2H6/c1-23-17-26(50-14-16-56-22-35(50)42(2,44)45)19-30(43)36(23)38(52)48-31(40(54)58-27-8-6-24-11-15-57-34(24)20-27)18-25-7-9-32(37-28(25)5-4-12-47-37)51-39(53)29-10-13-46-21-33(29)49(3)41(51)55;1-2/h4-10,12-13,17,19-21,31,35H,11,14-16,18,22H2,1-3H3,(H,48,52);1-2H3/t31?,35-;/m1./s1. The number of carbonyl (C=O) groups is 2. The lowest BCUT2D eigenvalue weighted by Crippen LogP contribution is -2.54. The first-order valence-corrected chi connectivity index (χ1v) is 19.5. The average Bonchev–Trinajstić information content (AvgIpc) is 3.71. The molecular weight excluding hydrogens is 782 g/mol. The van der Waals surface area contributed by atoms with Crippen LogP contribution in [0.4, 0.5) is 18.9 Å². The van der Waals surface area contributed by atoms with E-state index in [9.17, 15) is 28.0 Å².